The van der Waals surface area contributed by atoms with Crippen LogP contribution in [0.25, 0.3) is 84.2 Å². The van der Waals surface area contributed by atoms with Crippen molar-refractivity contribution in [2.75, 3.05) is 0 Å². The van der Waals surface area contributed by atoms with Crippen LogP contribution in [0.2, 0.25) is 0 Å². The van der Waals surface area contributed by atoms with Crippen molar-refractivity contribution in [1.29, 1.82) is 0 Å². The summed E-state index contributed by atoms with van der Waals surface area (Å²) in [6, 6.07) is 53.2. The van der Waals surface area contributed by atoms with Crippen molar-refractivity contribution in [3.63, 3.8) is 0 Å². The van der Waals surface area contributed by atoms with Gasteiger partial charge in [-0.05, 0) is 86.8 Å². The maximum absolute atomic E-state index is 5.20. The van der Waals surface area contributed by atoms with Gasteiger partial charge in [0.2, 0.25) is 0 Å². The van der Waals surface area contributed by atoms with Gasteiger partial charge in [0.25, 0.3) is 0 Å². The molecule has 7 aromatic carbocycles. The van der Waals surface area contributed by atoms with Crippen LogP contribution < -0.4 is 10.6 Å². The molecule has 1 aliphatic carbocycles. The van der Waals surface area contributed by atoms with Crippen molar-refractivity contribution in [2.24, 2.45) is 4.99 Å². The second-order valence-electron chi connectivity index (χ2n) is 13.5. The fraction of sp³-hybridized carbons (Fsp3) is 0.0417. The molecule has 0 amide bonds. The van der Waals surface area contributed by atoms with E-state index in [1.54, 1.807) is 0 Å². The Morgan fingerprint density at radius 1 is 0.385 bits per heavy atom. The quantitative estimate of drug-likeness (QED) is 0.184. The van der Waals surface area contributed by atoms with E-state index in [-0.39, 0.29) is 0 Å². The molecule has 52 heavy (non-hydrogen) atoms. The molecule has 10 rings (SSSR count). The van der Waals surface area contributed by atoms with Gasteiger partial charge in [-0.1, -0.05) is 146 Å². The topological polar surface area (TPSA) is 51.0 Å². The molecule has 0 radical (unpaired) electrons. The van der Waals surface area contributed by atoms with Crippen LogP contribution >= 0.6 is 0 Å². The van der Waals surface area contributed by atoms with E-state index in [1.165, 1.54) is 33.4 Å². The number of benzene rings is 7. The van der Waals surface area contributed by atoms with Gasteiger partial charge in [-0.25, -0.2) is 4.99 Å². The molecular weight excluding hydrogens is 633 g/mol. The molecule has 8 aromatic rings. The van der Waals surface area contributed by atoms with Gasteiger partial charge in [-0.15, -0.1) is 10.2 Å². The molecule has 0 spiro atoms. The van der Waals surface area contributed by atoms with Crippen molar-refractivity contribution in [1.82, 2.24) is 15.4 Å². The largest absolute Gasteiger partial charge is 0.247 e. The molecule has 1 aromatic heterocycles. The number of para-hydroxylation sites is 1. The standard InChI is InChI=1S/C48H32N4/c1-29-30(2)43-37-26-27-38-35-23-14-15-25-41(35)49-47(38)39(37)28-40(43)44(42(29)32-18-8-4-9-19-32)48-45(46(50-52-51-48)33-20-10-5-11-21-33)36-24-13-12-22-34(36)31-16-6-3-7-17-31/h3-28H,1-2H3. The van der Waals surface area contributed by atoms with Gasteiger partial charge in [0.15, 0.2) is 0 Å². The van der Waals surface area contributed by atoms with Crippen LogP contribution in [0.15, 0.2) is 157 Å². The second kappa shape index (κ2) is 11.9. The summed E-state index contributed by atoms with van der Waals surface area (Å²) in [5, 5.41) is 16.6. The van der Waals surface area contributed by atoms with Gasteiger partial charge in [0.05, 0.1) is 11.0 Å². The number of hydrogen-bond acceptors (Lipinski definition) is 4. The average Bonchev–Trinajstić information content (AvgIpc) is 3.79. The molecular formula is C48H32N4. The van der Waals surface area contributed by atoms with Crippen molar-refractivity contribution in [2.45, 2.75) is 13.8 Å². The van der Waals surface area contributed by atoms with Gasteiger partial charge in [0, 0.05) is 33.0 Å². The monoisotopic (exact) mass is 664 g/mol. The molecule has 0 unspecified atom stereocenters. The second-order valence-corrected chi connectivity index (χ2v) is 13.5. The zero-order valence-corrected chi connectivity index (χ0v) is 28.8. The lowest BCUT2D eigenvalue weighted by Crippen LogP contribution is -2.25. The predicted octanol–water partition coefficient (Wildman–Crippen LogP) is 10.6. The van der Waals surface area contributed by atoms with Crippen LogP contribution in [0.4, 0.5) is 5.69 Å². The number of hydrogen-bond donors (Lipinski definition) is 0. The highest BCUT2D eigenvalue weighted by Gasteiger charge is 2.31. The highest BCUT2D eigenvalue weighted by molar-refractivity contribution is 6.06. The van der Waals surface area contributed by atoms with Crippen molar-refractivity contribution >= 4 is 11.8 Å². The SMILES string of the molecule is Cc1c(C)c(-c2ccccc2)c(-c2nnnc(-c3ccccc3)c2-c2ccccc2-c2ccccc2)c2c1-c1ccc3c(c1=C2)=Nc1ccccc1-3. The predicted molar refractivity (Wildman–Crippen MR) is 211 cm³/mol. The minimum absolute atomic E-state index is 0.793. The molecule has 0 saturated heterocycles. The first-order valence-corrected chi connectivity index (χ1v) is 17.7. The smallest absolute Gasteiger partial charge is 0.106 e. The molecule has 0 bridgehead atoms. The van der Waals surface area contributed by atoms with Crippen LogP contribution in [-0.2, 0) is 0 Å². The Kier molecular flexibility index (Phi) is 6.90. The van der Waals surface area contributed by atoms with E-state index in [2.05, 4.69) is 171 Å². The summed E-state index contributed by atoms with van der Waals surface area (Å²) in [5.74, 6) is 0. The summed E-state index contributed by atoms with van der Waals surface area (Å²) in [4.78, 5) is 5.20. The third kappa shape index (κ3) is 4.54. The van der Waals surface area contributed by atoms with Crippen molar-refractivity contribution in [3.05, 3.63) is 179 Å². The number of fused-ring (bicyclic) bond motifs is 7. The Morgan fingerprint density at radius 2 is 0.942 bits per heavy atom. The zero-order valence-electron chi connectivity index (χ0n) is 28.8. The lowest BCUT2D eigenvalue weighted by Gasteiger charge is -2.23. The van der Waals surface area contributed by atoms with Gasteiger partial charge < -0.3 is 0 Å². The lowest BCUT2D eigenvalue weighted by molar-refractivity contribution is 0.878. The summed E-state index contributed by atoms with van der Waals surface area (Å²) in [7, 11) is 0. The molecule has 0 N–H and O–H groups in total. The summed E-state index contributed by atoms with van der Waals surface area (Å²) >= 11 is 0. The molecule has 4 heteroatoms. The van der Waals surface area contributed by atoms with Crippen LogP contribution in [0.3, 0.4) is 0 Å². The highest BCUT2D eigenvalue weighted by atomic mass is 15.3. The van der Waals surface area contributed by atoms with Gasteiger partial charge in [-0.2, -0.15) is 0 Å². The van der Waals surface area contributed by atoms with Crippen LogP contribution in [0, 0.1) is 13.8 Å². The van der Waals surface area contributed by atoms with Crippen molar-refractivity contribution < 1.29 is 0 Å². The maximum Gasteiger partial charge on any atom is 0.106 e. The molecule has 1 aliphatic heterocycles. The van der Waals surface area contributed by atoms with Gasteiger partial charge >= 0.3 is 0 Å². The zero-order chi connectivity index (χ0) is 34.8. The third-order valence-corrected chi connectivity index (χ3v) is 10.7. The normalized spacial score (nSPS) is 12.0. The van der Waals surface area contributed by atoms with Crippen LogP contribution in [0.1, 0.15) is 16.7 Å². The van der Waals surface area contributed by atoms with E-state index in [0.717, 1.165) is 77.7 Å². The number of nitrogens with zero attached hydrogens (tertiary/aromatic N) is 4. The Labute approximate surface area is 302 Å². The van der Waals surface area contributed by atoms with Gasteiger partial charge in [0.1, 0.15) is 11.4 Å². The number of aromatic nitrogens is 3. The fourth-order valence-corrected chi connectivity index (χ4v) is 8.22. The van der Waals surface area contributed by atoms with E-state index in [0.29, 0.717) is 0 Å². The molecule has 0 fully saturated rings. The lowest BCUT2D eigenvalue weighted by atomic mass is 9.80. The summed E-state index contributed by atoms with van der Waals surface area (Å²) in [6.45, 7) is 4.50. The average molecular weight is 665 g/mol. The fourth-order valence-electron chi connectivity index (χ4n) is 8.22. The molecule has 0 atom stereocenters. The first-order valence-electron chi connectivity index (χ1n) is 17.7. The van der Waals surface area contributed by atoms with E-state index in [9.17, 15) is 0 Å². The first kappa shape index (κ1) is 30.1. The summed E-state index contributed by atoms with van der Waals surface area (Å²) in [5.41, 5.74) is 19.5. The first-order chi connectivity index (χ1) is 25.7. The Hall–Kier alpha value is -6.78. The van der Waals surface area contributed by atoms with E-state index in [1.807, 2.05) is 6.07 Å². The molecule has 244 valence electrons. The van der Waals surface area contributed by atoms with Crippen LogP contribution in [-0.4, -0.2) is 15.4 Å². The Morgan fingerprint density at radius 3 is 1.67 bits per heavy atom. The van der Waals surface area contributed by atoms with E-state index in [4.69, 9.17) is 15.2 Å². The van der Waals surface area contributed by atoms with Crippen LogP contribution in [0.5, 0.6) is 0 Å². The van der Waals surface area contributed by atoms with Crippen molar-refractivity contribution in [3.8, 4) is 78.1 Å². The molecule has 2 heterocycles. The van der Waals surface area contributed by atoms with Gasteiger partial charge in [-0.3, -0.25) is 0 Å². The molecule has 2 aliphatic rings. The summed E-state index contributed by atoms with van der Waals surface area (Å²) in [6.07, 6.45) is 2.35. The summed E-state index contributed by atoms with van der Waals surface area (Å²) < 4.78 is 0. The Bertz CT molecular complexity index is 2840. The molecule has 0 saturated carbocycles. The Balaban J connectivity index is 1.36. The molecule has 4 nitrogen and oxygen atoms in total. The number of rotatable bonds is 5. The highest BCUT2D eigenvalue weighted by Crippen LogP contribution is 2.50. The minimum atomic E-state index is 0.793. The van der Waals surface area contributed by atoms with E-state index < -0.39 is 0 Å². The maximum atomic E-state index is 5.20. The minimum Gasteiger partial charge on any atom is -0.247 e. The van der Waals surface area contributed by atoms with E-state index >= 15 is 0 Å². The third-order valence-electron chi connectivity index (χ3n) is 10.7.